The number of ether oxygens (including phenoxy) is 1. The van der Waals surface area contributed by atoms with Crippen LogP contribution in [0.2, 0.25) is 0 Å². The predicted octanol–water partition coefficient (Wildman–Crippen LogP) is -1.46. The molecule has 0 bridgehead atoms. The van der Waals surface area contributed by atoms with E-state index in [1.807, 2.05) is 6.92 Å². The molecule has 1 fully saturated rings. The summed E-state index contributed by atoms with van der Waals surface area (Å²) in [5.41, 5.74) is -0.527. The van der Waals surface area contributed by atoms with Gasteiger partial charge in [0.2, 0.25) is 0 Å². The molecule has 14 heavy (non-hydrogen) atoms. The minimum absolute atomic E-state index is 0.488. The molecule has 0 amide bonds. The summed E-state index contributed by atoms with van der Waals surface area (Å²) in [6, 6.07) is 0. The van der Waals surface area contributed by atoms with E-state index in [9.17, 15) is 15.3 Å². The first kappa shape index (κ1) is 12.2. The third-order valence-corrected chi connectivity index (χ3v) is 3.21. The van der Waals surface area contributed by atoms with E-state index in [1.165, 1.54) is 11.8 Å². The molecule has 0 aromatic heterocycles. The van der Waals surface area contributed by atoms with Crippen molar-refractivity contribution in [2.45, 2.75) is 36.8 Å². The molecule has 0 radical (unpaired) electrons. The highest BCUT2D eigenvalue weighted by atomic mass is 32.2. The molecule has 0 unspecified atom stereocenters. The smallest absolute Gasteiger partial charge is 0.132 e. The van der Waals surface area contributed by atoms with Crippen molar-refractivity contribution in [3.63, 3.8) is 0 Å². The van der Waals surface area contributed by atoms with Crippen molar-refractivity contribution in [1.29, 1.82) is 0 Å². The van der Waals surface area contributed by atoms with Crippen LogP contribution in [0.5, 0.6) is 0 Å². The normalized spacial score (nSPS) is 40.1. The molecule has 0 aromatic rings. The molecule has 1 aliphatic rings. The van der Waals surface area contributed by atoms with Gasteiger partial charge < -0.3 is 25.2 Å². The molecule has 4 N–H and O–H groups in total. The summed E-state index contributed by atoms with van der Waals surface area (Å²) in [6.45, 7) is 1.42. The second-order valence-electron chi connectivity index (χ2n) is 3.16. The maximum atomic E-state index is 9.51. The molecule has 0 aliphatic carbocycles. The molecule has 1 saturated heterocycles. The molecule has 6 heteroatoms. The monoisotopic (exact) mass is 224 g/mol. The first-order valence-corrected chi connectivity index (χ1v) is 5.58. The van der Waals surface area contributed by atoms with Crippen molar-refractivity contribution in [3.8, 4) is 0 Å². The van der Waals surface area contributed by atoms with Gasteiger partial charge in [-0.15, -0.1) is 11.8 Å². The van der Waals surface area contributed by atoms with Crippen molar-refractivity contribution in [2.75, 3.05) is 12.4 Å². The Morgan fingerprint density at radius 2 is 2.00 bits per heavy atom. The van der Waals surface area contributed by atoms with Crippen LogP contribution in [-0.4, -0.2) is 62.6 Å². The molecule has 0 aromatic carbocycles. The Kier molecular flexibility index (Phi) is 4.62. The van der Waals surface area contributed by atoms with Gasteiger partial charge in [0.25, 0.3) is 0 Å². The number of aliphatic hydroxyl groups is 4. The van der Waals surface area contributed by atoms with Gasteiger partial charge in [0.1, 0.15) is 29.9 Å². The second-order valence-corrected chi connectivity index (χ2v) is 4.53. The van der Waals surface area contributed by atoms with Gasteiger partial charge >= 0.3 is 0 Å². The number of aliphatic hydroxyl groups excluding tert-OH is 4. The van der Waals surface area contributed by atoms with Crippen molar-refractivity contribution in [1.82, 2.24) is 0 Å². The molecule has 1 heterocycles. The van der Waals surface area contributed by atoms with E-state index in [1.54, 1.807) is 0 Å². The lowest BCUT2D eigenvalue weighted by Crippen LogP contribution is -2.40. The Balaban J connectivity index is 2.57. The minimum Gasteiger partial charge on any atom is -0.394 e. The Morgan fingerprint density at radius 3 is 2.50 bits per heavy atom. The topological polar surface area (TPSA) is 90.2 Å². The van der Waals surface area contributed by atoms with E-state index < -0.39 is 36.5 Å². The van der Waals surface area contributed by atoms with Crippen LogP contribution in [0.15, 0.2) is 0 Å². The quantitative estimate of drug-likeness (QED) is 0.466. The number of thioether (sulfide) groups is 1. The summed E-state index contributed by atoms with van der Waals surface area (Å²) in [7, 11) is 0. The van der Waals surface area contributed by atoms with Crippen LogP contribution in [0, 0.1) is 0 Å². The standard InChI is InChI=1S/C8H16O5S/c1-2-14-8-6(12)5(11)7(13-8)4(10)3-9/h4-12H,2-3H2,1H3/t4-,5-,6-,7-,8+/m1/s1. The molecule has 1 rings (SSSR count). The van der Waals surface area contributed by atoms with Gasteiger partial charge in [-0.25, -0.2) is 0 Å². The average Bonchev–Trinajstić information content (AvgIpc) is 2.46. The first-order chi connectivity index (χ1) is 6.61. The highest BCUT2D eigenvalue weighted by Gasteiger charge is 2.45. The molecular formula is C8H16O5S. The van der Waals surface area contributed by atoms with Gasteiger partial charge in [-0.05, 0) is 5.75 Å². The third kappa shape index (κ3) is 2.39. The summed E-state index contributed by atoms with van der Waals surface area (Å²) in [5.74, 6) is 0.746. The van der Waals surface area contributed by atoms with Crippen LogP contribution in [-0.2, 0) is 4.74 Å². The van der Waals surface area contributed by atoms with Gasteiger partial charge in [-0.2, -0.15) is 0 Å². The predicted molar refractivity (Wildman–Crippen MR) is 51.9 cm³/mol. The second kappa shape index (κ2) is 5.29. The van der Waals surface area contributed by atoms with E-state index in [0.29, 0.717) is 0 Å². The van der Waals surface area contributed by atoms with E-state index >= 15 is 0 Å². The molecule has 0 spiro atoms. The molecule has 1 aliphatic heterocycles. The van der Waals surface area contributed by atoms with Crippen LogP contribution in [0.25, 0.3) is 0 Å². The van der Waals surface area contributed by atoms with Crippen LogP contribution >= 0.6 is 11.8 Å². The number of hydrogen-bond acceptors (Lipinski definition) is 6. The highest BCUT2D eigenvalue weighted by molar-refractivity contribution is 7.99. The van der Waals surface area contributed by atoms with Crippen LogP contribution in [0.3, 0.4) is 0 Å². The Bertz CT molecular complexity index is 177. The fraction of sp³-hybridized carbons (Fsp3) is 1.00. The SMILES string of the molecule is CCS[C@@H]1O[C@H]([C@H](O)CO)[C@H](O)[C@H]1O. The zero-order chi connectivity index (χ0) is 10.7. The van der Waals surface area contributed by atoms with Crippen molar-refractivity contribution in [3.05, 3.63) is 0 Å². The highest BCUT2D eigenvalue weighted by Crippen LogP contribution is 2.30. The summed E-state index contributed by atoms with van der Waals surface area (Å²) in [5, 5.41) is 37.0. The number of rotatable bonds is 4. The van der Waals surface area contributed by atoms with Crippen LogP contribution < -0.4 is 0 Å². The fourth-order valence-corrected chi connectivity index (χ4v) is 2.29. The minimum atomic E-state index is -1.15. The summed E-state index contributed by atoms with van der Waals surface area (Å²) < 4.78 is 5.23. The summed E-state index contributed by atoms with van der Waals surface area (Å²) >= 11 is 1.36. The lowest BCUT2D eigenvalue weighted by atomic mass is 10.1. The zero-order valence-corrected chi connectivity index (χ0v) is 8.72. The lowest BCUT2D eigenvalue weighted by Gasteiger charge is -2.18. The Morgan fingerprint density at radius 1 is 1.36 bits per heavy atom. The maximum absolute atomic E-state index is 9.51. The molecule has 0 saturated carbocycles. The van der Waals surface area contributed by atoms with E-state index in [-0.39, 0.29) is 0 Å². The van der Waals surface area contributed by atoms with E-state index in [2.05, 4.69) is 0 Å². The largest absolute Gasteiger partial charge is 0.394 e. The van der Waals surface area contributed by atoms with Crippen molar-refractivity contribution >= 4 is 11.8 Å². The number of hydrogen-bond donors (Lipinski definition) is 4. The fourth-order valence-electron chi connectivity index (χ4n) is 1.40. The summed E-state index contributed by atoms with van der Waals surface area (Å²) in [6.07, 6.45) is -4.20. The van der Waals surface area contributed by atoms with Gasteiger partial charge in [-0.1, -0.05) is 6.92 Å². The van der Waals surface area contributed by atoms with Gasteiger partial charge in [-0.3, -0.25) is 0 Å². The Hall–Kier alpha value is 0.150. The average molecular weight is 224 g/mol. The lowest BCUT2D eigenvalue weighted by molar-refractivity contribution is -0.0713. The molecule has 5 atom stereocenters. The van der Waals surface area contributed by atoms with Gasteiger partial charge in [0.15, 0.2) is 0 Å². The third-order valence-electron chi connectivity index (χ3n) is 2.15. The molecule has 5 nitrogen and oxygen atoms in total. The maximum Gasteiger partial charge on any atom is 0.132 e. The Labute approximate surface area is 86.7 Å². The summed E-state index contributed by atoms with van der Waals surface area (Å²) in [4.78, 5) is 0. The molecular weight excluding hydrogens is 208 g/mol. The van der Waals surface area contributed by atoms with E-state index in [0.717, 1.165) is 5.75 Å². The zero-order valence-electron chi connectivity index (χ0n) is 7.91. The van der Waals surface area contributed by atoms with Crippen molar-refractivity contribution in [2.24, 2.45) is 0 Å². The van der Waals surface area contributed by atoms with Crippen molar-refractivity contribution < 1.29 is 25.2 Å². The van der Waals surface area contributed by atoms with Gasteiger partial charge in [0.05, 0.1) is 6.61 Å². The molecule has 84 valence electrons. The van der Waals surface area contributed by atoms with E-state index in [4.69, 9.17) is 9.84 Å². The first-order valence-electron chi connectivity index (χ1n) is 4.54. The van der Waals surface area contributed by atoms with Crippen LogP contribution in [0.1, 0.15) is 6.92 Å². The van der Waals surface area contributed by atoms with Gasteiger partial charge in [0, 0.05) is 0 Å². The van der Waals surface area contributed by atoms with Crippen LogP contribution in [0.4, 0.5) is 0 Å².